The summed E-state index contributed by atoms with van der Waals surface area (Å²) >= 11 is 0. The van der Waals surface area contributed by atoms with Crippen molar-refractivity contribution in [3.8, 4) is 0 Å². The molecule has 2 unspecified atom stereocenters. The van der Waals surface area contributed by atoms with E-state index < -0.39 is 23.7 Å². The molecule has 3 N–H and O–H groups in total. The van der Waals surface area contributed by atoms with Gasteiger partial charge in [0.25, 0.3) is 0 Å². The molecule has 0 saturated carbocycles. The fourth-order valence-electron chi connectivity index (χ4n) is 1.71. The van der Waals surface area contributed by atoms with Crippen molar-refractivity contribution in [2.75, 3.05) is 0 Å². The molecule has 88 valence electrons. The standard InChI is InChI=1S/C12H16FNO2/c1-7-3-4-11(13)10(5-7)9(8(2)14)6-12(15)16/h3-5,8-9H,6,14H2,1-2H3,(H,15,16). The van der Waals surface area contributed by atoms with E-state index in [0.717, 1.165) is 5.56 Å². The smallest absolute Gasteiger partial charge is 0.304 e. The van der Waals surface area contributed by atoms with E-state index in [2.05, 4.69) is 0 Å². The third-order valence-corrected chi connectivity index (χ3v) is 2.58. The molecule has 2 atom stereocenters. The van der Waals surface area contributed by atoms with Gasteiger partial charge in [0.1, 0.15) is 5.82 Å². The Hall–Kier alpha value is -1.42. The monoisotopic (exact) mass is 225 g/mol. The number of nitrogens with two attached hydrogens (primary N) is 1. The molecule has 0 amide bonds. The summed E-state index contributed by atoms with van der Waals surface area (Å²) in [6.45, 7) is 3.53. The van der Waals surface area contributed by atoms with Gasteiger partial charge in [-0.15, -0.1) is 0 Å². The molecule has 4 heteroatoms. The average molecular weight is 225 g/mol. The van der Waals surface area contributed by atoms with Gasteiger partial charge in [0.05, 0.1) is 6.42 Å². The van der Waals surface area contributed by atoms with Crippen molar-refractivity contribution in [1.82, 2.24) is 0 Å². The Bertz CT molecular complexity index is 391. The van der Waals surface area contributed by atoms with Crippen LogP contribution < -0.4 is 5.73 Å². The lowest BCUT2D eigenvalue weighted by atomic mass is 9.88. The number of carbonyl (C=O) groups is 1. The summed E-state index contributed by atoms with van der Waals surface area (Å²) in [5, 5.41) is 8.78. The Balaban J connectivity index is 3.09. The Morgan fingerprint density at radius 1 is 1.56 bits per heavy atom. The average Bonchev–Trinajstić information content (AvgIpc) is 2.18. The third-order valence-electron chi connectivity index (χ3n) is 2.58. The molecule has 0 heterocycles. The lowest BCUT2D eigenvalue weighted by Crippen LogP contribution is -2.27. The Labute approximate surface area is 94.1 Å². The molecule has 0 radical (unpaired) electrons. The quantitative estimate of drug-likeness (QED) is 0.824. The molecular formula is C12H16FNO2. The third kappa shape index (κ3) is 3.03. The Morgan fingerprint density at radius 3 is 2.69 bits per heavy atom. The highest BCUT2D eigenvalue weighted by molar-refractivity contribution is 5.68. The van der Waals surface area contributed by atoms with Gasteiger partial charge in [-0.3, -0.25) is 4.79 Å². The van der Waals surface area contributed by atoms with Gasteiger partial charge in [0, 0.05) is 12.0 Å². The number of hydrogen-bond donors (Lipinski definition) is 2. The molecular weight excluding hydrogens is 209 g/mol. The van der Waals surface area contributed by atoms with Gasteiger partial charge >= 0.3 is 5.97 Å². The van der Waals surface area contributed by atoms with Crippen LogP contribution in [0.25, 0.3) is 0 Å². The molecule has 1 rings (SSSR count). The molecule has 0 fully saturated rings. The number of carboxylic acid groups (broad SMARTS) is 1. The summed E-state index contributed by atoms with van der Waals surface area (Å²) in [7, 11) is 0. The first kappa shape index (κ1) is 12.6. The summed E-state index contributed by atoms with van der Waals surface area (Å²) in [5.74, 6) is -1.85. The van der Waals surface area contributed by atoms with Crippen molar-refractivity contribution in [1.29, 1.82) is 0 Å². The number of aryl methyl sites for hydroxylation is 1. The number of benzene rings is 1. The van der Waals surface area contributed by atoms with Gasteiger partial charge in [-0.25, -0.2) is 4.39 Å². The molecule has 0 aliphatic heterocycles. The van der Waals surface area contributed by atoms with E-state index in [1.807, 2.05) is 6.92 Å². The molecule has 16 heavy (non-hydrogen) atoms. The van der Waals surface area contributed by atoms with Gasteiger partial charge in [0.2, 0.25) is 0 Å². The molecule has 0 spiro atoms. The van der Waals surface area contributed by atoms with E-state index >= 15 is 0 Å². The van der Waals surface area contributed by atoms with Crippen molar-refractivity contribution in [2.24, 2.45) is 5.73 Å². The van der Waals surface area contributed by atoms with Crippen LogP contribution in [0.15, 0.2) is 18.2 Å². The molecule has 0 aliphatic rings. The number of carboxylic acids is 1. The highest BCUT2D eigenvalue weighted by atomic mass is 19.1. The highest BCUT2D eigenvalue weighted by Crippen LogP contribution is 2.26. The fraction of sp³-hybridized carbons (Fsp3) is 0.417. The molecule has 0 bridgehead atoms. The van der Waals surface area contributed by atoms with Crippen molar-refractivity contribution in [3.05, 3.63) is 35.1 Å². The predicted molar refractivity (Wildman–Crippen MR) is 59.8 cm³/mol. The summed E-state index contributed by atoms with van der Waals surface area (Å²) in [4.78, 5) is 10.7. The van der Waals surface area contributed by atoms with Crippen LogP contribution in [-0.4, -0.2) is 17.1 Å². The van der Waals surface area contributed by atoms with Crippen LogP contribution in [0.4, 0.5) is 4.39 Å². The van der Waals surface area contributed by atoms with E-state index in [-0.39, 0.29) is 6.42 Å². The lowest BCUT2D eigenvalue weighted by Gasteiger charge is -2.20. The second-order valence-corrected chi connectivity index (χ2v) is 4.09. The minimum Gasteiger partial charge on any atom is -0.481 e. The molecule has 0 saturated heterocycles. The molecule has 0 aromatic heterocycles. The highest BCUT2D eigenvalue weighted by Gasteiger charge is 2.22. The van der Waals surface area contributed by atoms with Gasteiger partial charge in [0.15, 0.2) is 0 Å². The van der Waals surface area contributed by atoms with Crippen molar-refractivity contribution in [3.63, 3.8) is 0 Å². The number of rotatable bonds is 4. The van der Waals surface area contributed by atoms with Crippen LogP contribution >= 0.6 is 0 Å². The summed E-state index contributed by atoms with van der Waals surface area (Å²) < 4.78 is 13.6. The van der Waals surface area contributed by atoms with Gasteiger partial charge in [-0.05, 0) is 25.5 Å². The summed E-state index contributed by atoms with van der Waals surface area (Å²) in [6.07, 6.45) is -0.155. The van der Waals surface area contributed by atoms with Gasteiger partial charge < -0.3 is 10.8 Å². The molecule has 3 nitrogen and oxygen atoms in total. The molecule has 0 aliphatic carbocycles. The largest absolute Gasteiger partial charge is 0.481 e. The fourth-order valence-corrected chi connectivity index (χ4v) is 1.71. The van der Waals surface area contributed by atoms with Crippen molar-refractivity contribution in [2.45, 2.75) is 32.2 Å². The van der Waals surface area contributed by atoms with E-state index in [4.69, 9.17) is 10.8 Å². The Morgan fingerprint density at radius 2 is 2.19 bits per heavy atom. The van der Waals surface area contributed by atoms with Crippen LogP contribution in [0.1, 0.15) is 30.4 Å². The first-order valence-electron chi connectivity index (χ1n) is 5.15. The first-order valence-corrected chi connectivity index (χ1v) is 5.15. The number of hydrogen-bond acceptors (Lipinski definition) is 2. The topological polar surface area (TPSA) is 63.3 Å². The zero-order valence-electron chi connectivity index (χ0n) is 9.40. The van der Waals surface area contributed by atoms with Gasteiger partial charge in [-0.1, -0.05) is 17.7 Å². The zero-order valence-corrected chi connectivity index (χ0v) is 9.40. The van der Waals surface area contributed by atoms with Crippen LogP contribution in [0.2, 0.25) is 0 Å². The number of aliphatic carboxylic acids is 1. The first-order chi connectivity index (χ1) is 7.41. The van der Waals surface area contributed by atoms with E-state index in [0.29, 0.717) is 5.56 Å². The van der Waals surface area contributed by atoms with Crippen LogP contribution in [0, 0.1) is 12.7 Å². The van der Waals surface area contributed by atoms with E-state index in [9.17, 15) is 9.18 Å². The Kier molecular flexibility index (Phi) is 4.01. The second kappa shape index (κ2) is 5.07. The maximum atomic E-state index is 13.6. The van der Waals surface area contributed by atoms with Gasteiger partial charge in [-0.2, -0.15) is 0 Å². The normalized spacial score (nSPS) is 14.5. The van der Waals surface area contributed by atoms with E-state index in [1.54, 1.807) is 19.1 Å². The van der Waals surface area contributed by atoms with E-state index in [1.165, 1.54) is 6.07 Å². The van der Waals surface area contributed by atoms with Crippen molar-refractivity contribution < 1.29 is 14.3 Å². The maximum absolute atomic E-state index is 13.6. The zero-order chi connectivity index (χ0) is 12.3. The molecule has 1 aromatic rings. The second-order valence-electron chi connectivity index (χ2n) is 4.09. The number of halogens is 1. The SMILES string of the molecule is Cc1ccc(F)c(C(CC(=O)O)C(C)N)c1. The van der Waals surface area contributed by atoms with Crippen molar-refractivity contribution >= 4 is 5.97 Å². The maximum Gasteiger partial charge on any atom is 0.304 e. The molecule has 1 aromatic carbocycles. The predicted octanol–water partition coefficient (Wildman–Crippen LogP) is 2.04. The lowest BCUT2D eigenvalue weighted by molar-refractivity contribution is -0.137. The van der Waals surface area contributed by atoms with Crippen LogP contribution in [-0.2, 0) is 4.79 Å². The van der Waals surface area contributed by atoms with Crippen LogP contribution in [0.5, 0.6) is 0 Å². The summed E-state index contributed by atoms with van der Waals surface area (Å²) in [5.41, 5.74) is 6.99. The minimum absolute atomic E-state index is 0.155. The summed E-state index contributed by atoms with van der Waals surface area (Å²) in [6, 6.07) is 4.26. The van der Waals surface area contributed by atoms with Crippen LogP contribution in [0.3, 0.4) is 0 Å². The minimum atomic E-state index is -0.969.